The van der Waals surface area contributed by atoms with Crippen LogP contribution in [0.2, 0.25) is 0 Å². The van der Waals surface area contributed by atoms with Gasteiger partial charge in [0.2, 0.25) is 0 Å². The molecule has 2 aromatic carbocycles. The molecule has 1 N–H and O–H groups in total. The predicted octanol–water partition coefficient (Wildman–Crippen LogP) is 3.60. The molecular formula is C20H16N4O7. The summed E-state index contributed by atoms with van der Waals surface area (Å²) < 4.78 is 10.8. The standard InChI is InChI=1S/C20H16N4O7/c1-13-2-8-19(17(10-13)24(28)29)30-12-20(25)22-21-11-16-7-9-18(31-16)14-3-5-15(6-4-14)23(26)27/h2-11H,12H2,1H3,(H,22,25)/b21-11+. The molecule has 158 valence electrons. The Morgan fingerprint density at radius 1 is 1.10 bits per heavy atom. The van der Waals surface area contributed by atoms with E-state index in [1.807, 2.05) is 0 Å². The minimum atomic E-state index is -0.617. The molecule has 0 saturated carbocycles. The number of non-ortho nitro benzene ring substituents is 1. The molecule has 3 aromatic rings. The van der Waals surface area contributed by atoms with Crippen molar-refractivity contribution >= 4 is 23.5 Å². The summed E-state index contributed by atoms with van der Waals surface area (Å²) in [6, 6.07) is 13.5. The van der Waals surface area contributed by atoms with Crippen LogP contribution in [0.5, 0.6) is 5.75 Å². The lowest BCUT2D eigenvalue weighted by Crippen LogP contribution is -2.24. The van der Waals surface area contributed by atoms with Gasteiger partial charge in [0.1, 0.15) is 11.5 Å². The van der Waals surface area contributed by atoms with Crippen molar-refractivity contribution in [2.45, 2.75) is 6.92 Å². The van der Waals surface area contributed by atoms with E-state index in [9.17, 15) is 25.0 Å². The first-order valence-electron chi connectivity index (χ1n) is 8.88. The molecule has 0 bridgehead atoms. The van der Waals surface area contributed by atoms with E-state index in [4.69, 9.17) is 9.15 Å². The molecule has 31 heavy (non-hydrogen) atoms. The molecule has 0 aliphatic carbocycles. The van der Waals surface area contributed by atoms with Gasteiger partial charge in [0.05, 0.1) is 16.1 Å². The van der Waals surface area contributed by atoms with E-state index in [1.165, 1.54) is 30.5 Å². The molecule has 0 unspecified atom stereocenters. The lowest BCUT2D eigenvalue weighted by molar-refractivity contribution is -0.385. The van der Waals surface area contributed by atoms with Gasteiger partial charge in [-0.1, -0.05) is 6.07 Å². The zero-order valence-electron chi connectivity index (χ0n) is 16.2. The second kappa shape index (κ2) is 9.31. The van der Waals surface area contributed by atoms with Crippen molar-refractivity contribution in [3.8, 4) is 17.1 Å². The molecule has 0 spiro atoms. The second-order valence-electron chi connectivity index (χ2n) is 6.32. The van der Waals surface area contributed by atoms with Crippen LogP contribution in [0.1, 0.15) is 11.3 Å². The molecule has 0 radical (unpaired) electrons. The van der Waals surface area contributed by atoms with Crippen LogP contribution in [0.3, 0.4) is 0 Å². The number of ether oxygens (including phenoxy) is 1. The number of amides is 1. The van der Waals surface area contributed by atoms with Gasteiger partial charge in [-0.25, -0.2) is 5.43 Å². The summed E-state index contributed by atoms with van der Waals surface area (Å²) in [6.45, 7) is 1.24. The molecule has 0 saturated heterocycles. The number of hydrogen-bond acceptors (Lipinski definition) is 8. The number of carbonyl (C=O) groups is 1. The van der Waals surface area contributed by atoms with Crippen LogP contribution in [0.25, 0.3) is 11.3 Å². The average Bonchev–Trinajstić information content (AvgIpc) is 3.21. The normalized spacial score (nSPS) is 10.7. The number of hydrogen-bond donors (Lipinski definition) is 1. The Morgan fingerprint density at radius 3 is 2.52 bits per heavy atom. The van der Waals surface area contributed by atoms with Crippen molar-refractivity contribution in [2.75, 3.05) is 6.61 Å². The average molecular weight is 424 g/mol. The quantitative estimate of drug-likeness (QED) is 0.330. The van der Waals surface area contributed by atoms with Gasteiger partial charge in [-0.3, -0.25) is 25.0 Å². The minimum Gasteiger partial charge on any atom is -0.477 e. The van der Waals surface area contributed by atoms with Gasteiger partial charge in [0, 0.05) is 23.8 Å². The van der Waals surface area contributed by atoms with Gasteiger partial charge >= 0.3 is 5.69 Å². The van der Waals surface area contributed by atoms with Gasteiger partial charge < -0.3 is 9.15 Å². The SMILES string of the molecule is Cc1ccc(OCC(=O)N/N=C/c2ccc(-c3ccc([N+](=O)[O-])cc3)o2)c([N+](=O)[O-])c1. The number of nitrogens with one attached hydrogen (secondary N) is 1. The highest BCUT2D eigenvalue weighted by Gasteiger charge is 2.16. The summed E-state index contributed by atoms with van der Waals surface area (Å²) in [6.07, 6.45) is 1.26. The van der Waals surface area contributed by atoms with Crippen LogP contribution < -0.4 is 10.2 Å². The summed E-state index contributed by atoms with van der Waals surface area (Å²) in [5, 5.41) is 25.5. The molecule has 1 aromatic heterocycles. The molecule has 11 heteroatoms. The summed E-state index contributed by atoms with van der Waals surface area (Å²) >= 11 is 0. The fourth-order valence-corrected chi connectivity index (χ4v) is 2.56. The summed E-state index contributed by atoms with van der Waals surface area (Å²) in [5.41, 5.74) is 3.31. The highest BCUT2D eigenvalue weighted by molar-refractivity contribution is 5.81. The first-order valence-corrected chi connectivity index (χ1v) is 8.88. The lowest BCUT2D eigenvalue weighted by atomic mass is 10.1. The Kier molecular flexibility index (Phi) is 6.36. The smallest absolute Gasteiger partial charge is 0.311 e. The van der Waals surface area contributed by atoms with Crippen LogP contribution in [-0.4, -0.2) is 28.6 Å². The molecule has 0 aliphatic heterocycles. The first kappa shape index (κ1) is 21.2. The van der Waals surface area contributed by atoms with Crippen LogP contribution in [0.15, 0.2) is 64.1 Å². The molecule has 0 aliphatic rings. The maximum Gasteiger partial charge on any atom is 0.311 e. The molecule has 1 heterocycles. The van der Waals surface area contributed by atoms with E-state index in [-0.39, 0.29) is 17.1 Å². The third kappa shape index (κ3) is 5.50. The predicted molar refractivity (Wildman–Crippen MR) is 110 cm³/mol. The van der Waals surface area contributed by atoms with Crippen molar-refractivity contribution in [3.05, 3.63) is 86.1 Å². The number of carbonyl (C=O) groups excluding carboxylic acids is 1. The van der Waals surface area contributed by atoms with E-state index in [0.717, 1.165) is 0 Å². The van der Waals surface area contributed by atoms with Crippen LogP contribution in [0.4, 0.5) is 11.4 Å². The van der Waals surface area contributed by atoms with Crippen LogP contribution in [0, 0.1) is 27.2 Å². The molecule has 0 atom stereocenters. The van der Waals surface area contributed by atoms with Crippen LogP contribution in [-0.2, 0) is 4.79 Å². The zero-order valence-corrected chi connectivity index (χ0v) is 16.2. The Hall–Kier alpha value is -4.54. The number of nitro benzene ring substituents is 2. The van der Waals surface area contributed by atoms with E-state index >= 15 is 0 Å². The maximum absolute atomic E-state index is 11.9. The summed E-state index contributed by atoms with van der Waals surface area (Å²) in [5.74, 6) is 0.170. The number of nitrogens with zero attached hydrogens (tertiary/aromatic N) is 3. The highest BCUT2D eigenvalue weighted by Crippen LogP contribution is 2.27. The van der Waals surface area contributed by atoms with E-state index in [0.29, 0.717) is 22.6 Å². The number of hydrazone groups is 1. The van der Waals surface area contributed by atoms with Gasteiger partial charge in [0.25, 0.3) is 11.6 Å². The molecule has 3 rings (SSSR count). The Balaban J connectivity index is 1.55. The molecule has 1 amide bonds. The van der Waals surface area contributed by atoms with E-state index < -0.39 is 22.4 Å². The fraction of sp³-hybridized carbons (Fsp3) is 0.100. The summed E-state index contributed by atoms with van der Waals surface area (Å²) in [4.78, 5) is 32.5. The zero-order chi connectivity index (χ0) is 22.4. The summed E-state index contributed by atoms with van der Waals surface area (Å²) in [7, 11) is 0. The highest BCUT2D eigenvalue weighted by atomic mass is 16.6. The third-order valence-electron chi connectivity index (χ3n) is 4.04. The van der Waals surface area contributed by atoms with Gasteiger partial charge in [0.15, 0.2) is 12.4 Å². The van der Waals surface area contributed by atoms with Crippen molar-refractivity contribution in [3.63, 3.8) is 0 Å². The van der Waals surface area contributed by atoms with E-state index in [1.54, 1.807) is 37.3 Å². The van der Waals surface area contributed by atoms with E-state index in [2.05, 4.69) is 10.5 Å². The largest absolute Gasteiger partial charge is 0.477 e. The second-order valence-corrected chi connectivity index (χ2v) is 6.32. The number of nitro groups is 2. The van der Waals surface area contributed by atoms with Crippen molar-refractivity contribution in [1.29, 1.82) is 0 Å². The Bertz CT molecular complexity index is 1150. The van der Waals surface area contributed by atoms with Crippen molar-refractivity contribution in [1.82, 2.24) is 5.43 Å². The maximum atomic E-state index is 11.9. The van der Waals surface area contributed by atoms with Gasteiger partial charge in [-0.05, 0) is 42.8 Å². The number of benzene rings is 2. The molecule has 0 fully saturated rings. The molecule has 11 nitrogen and oxygen atoms in total. The molecular weight excluding hydrogens is 408 g/mol. The monoisotopic (exact) mass is 424 g/mol. The number of furan rings is 1. The van der Waals surface area contributed by atoms with Gasteiger partial charge in [-0.2, -0.15) is 5.10 Å². The Labute approximate surface area is 175 Å². The number of rotatable bonds is 8. The Morgan fingerprint density at radius 2 is 1.84 bits per heavy atom. The number of aryl methyl sites for hydroxylation is 1. The lowest BCUT2D eigenvalue weighted by Gasteiger charge is -2.06. The van der Waals surface area contributed by atoms with Crippen LogP contribution >= 0.6 is 0 Å². The fourth-order valence-electron chi connectivity index (χ4n) is 2.56. The first-order chi connectivity index (χ1) is 14.8. The third-order valence-corrected chi connectivity index (χ3v) is 4.04. The minimum absolute atomic E-state index is 0.0199. The van der Waals surface area contributed by atoms with Crippen molar-refractivity contribution in [2.24, 2.45) is 5.10 Å². The van der Waals surface area contributed by atoms with Gasteiger partial charge in [-0.15, -0.1) is 0 Å². The van der Waals surface area contributed by atoms with Crippen molar-refractivity contribution < 1.29 is 23.8 Å². The topological polar surface area (TPSA) is 150 Å².